The van der Waals surface area contributed by atoms with Gasteiger partial charge in [-0.05, 0) is 37.6 Å². The minimum atomic E-state index is -0.268. The van der Waals surface area contributed by atoms with Crippen molar-refractivity contribution in [3.05, 3.63) is 53.1 Å². The molecule has 0 bridgehead atoms. The summed E-state index contributed by atoms with van der Waals surface area (Å²) in [7, 11) is 0. The molecule has 0 atom stereocenters. The van der Waals surface area contributed by atoms with Crippen LogP contribution < -0.4 is 5.73 Å². The van der Waals surface area contributed by atoms with Gasteiger partial charge in [0.2, 0.25) is 5.95 Å². The highest BCUT2D eigenvalue weighted by Crippen LogP contribution is 2.22. The molecule has 0 aliphatic carbocycles. The van der Waals surface area contributed by atoms with E-state index in [2.05, 4.69) is 9.97 Å². The predicted octanol–water partition coefficient (Wildman–Crippen LogP) is 2.82. The third-order valence-electron chi connectivity index (χ3n) is 3.32. The van der Waals surface area contributed by atoms with Crippen LogP contribution in [0.25, 0.3) is 11.0 Å². The number of anilines is 1. The summed E-state index contributed by atoms with van der Waals surface area (Å²) in [5, 5.41) is 0. The Bertz CT molecular complexity index is 792. The van der Waals surface area contributed by atoms with Crippen molar-refractivity contribution in [1.82, 2.24) is 14.5 Å². The number of rotatable bonds is 2. The summed E-state index contributed by atoms with van der Waals surface area (Å²) < 4.78 is 15.4. The van der Waals surface area contributed by atoms with E-state index >= 15 is 0 Å². The van der Waals surface area contributed by atoms with Gasteiger partial charge in [-0.25, -0.2) is 9.37 Å². The third kappa shape index (κ3) is 2.11. The van der Waals surface area contributed by atoms with Gasteiger partial charge in [-0.3, -0.25) is 4.98 Å². The minimum absolute atomic E-state index is 0.268. The Hall–Kier alpha value is -2.43. The van der Waals surface area contributed by atoms with Crippen LogP contribution in [-0.4, -0.2) is 14.5 Å². The van der Waals surface area contributed by atoms with Crippen molar-refractivity contribution in [2.24, 2.45) is 0 Å². The molecule has 0 aliphatic heterocycles. The number of nitrogens with two attached hydrogens (primary N) is 1. The Morgan fingerprint density at radius 1 is 1.20 bits per heavy atom. The molecule has 20 heavy (non-hydrogen) atoms. The summed E-state index contributed by atoms with van der Waals surface area (Å²) in [5.74, 6) is 0.101. The van der Waals surface area contributed by atoms with Gasteiger partial charge in [0.25, 0.3) is 0 Å². The maximum atomic E-state index is 13.6. The molecule has 0 amide bonds. The first-order valence-electron chi connectivity index (χ1n) is 6.39. The summed E-state index contributed by atoms with van der Waals surface area (Å²) in [6.07, 6.45) is 0. The Morgan fingerprint density at radius 3 is 2.75 bits per heavy atom. The molecule has 1 aromatic carbocycles. The van der Waals surface area contributed by atoms with E-state index in [1.54, 1.807) is 13.0 Å². The van der Waals surface area contributed by atoms with Crippen molar-refractivity contribution in [1.29, 1.82) is 0 Å². The maximum absolute atomic E-state index is 13.6. The molecule has 0 spiro atoms. The Morgan fingerprint density at radius 2 is 2.00 bits per heavy atom. The van der Waals surface area contributed by atoms with Gasteiger partial charge in [0.15, 0.2) is 0 Å². The van der Waals surface area contributed by atoms with E-state index in [-0.39, 0.29) is 5.82 Å². The summed E-state index contributed by atoms with van der Waals surface area (Å²) in [6, 6.07) is 9.02. The van der Waals surface area contributed by atoms with Gasteiger partial charge in [-0.2, -0.15) is 0 Å². The van der Waals surface area contributed by atoms with E-state index in [0.717, 1.165) is 16.9 Å². The number of halogens is 1. The van der Waals surface area contributed by atoms with E-state index in [1.165, 1.54) is 6.07 Å². The number of aromatic nitrogens is 3. The molecule has 2 aromatic heterocycles. The number of pyridine rings is 1. The molecular formula is C15H15FN4. The number of fused-ring (bicyclic) bond motifs is 1. The predicted molar refractivity (Wildman–Crippen MR) is 76.9 cm³/mol. The van der Waals surface area contributed by atoms with Crippen molar-refractivity contribution in [2.75, 3.05) is 5.73 Å². The highest BCUT2D eigenvalue weighted by molar-refractivity contribution is 5.79. The normalized spacial score (nSPS) is 11.2. The zero-order valence-electron chi connectivity index (χ0n) is 11.4. The standard InChI is InChI=1S/C15H15FN4/c1-9-6-14-13(7-12(9)16)19-15(17)20(14)8-11-5-3-4-10(2)18-11/h3-7H,8H2,1-2H3,(H2,17,19). The van der Waals surface area contributed by atoms with E-state index in [4.69, 9.17) is 5.73 Å². The van der Waals surface area contributed by atoms with Crippen molar-refractivity contribution in [3.63, 3.8) is 0 Å². The van der Waals surface area contributed by atoms with E-state index in [9.17, 15) is 4.39 Å². The lowest BCUT2D eigenvalue weighted by atomic mass is 10.2. The fourth-order valence-electron chi connectivity index (χ4n) is 2.28. The summed E-state index contributed by atoms with van der Waals surface area (Å²) in [4.78, 5) is 8.66. The first-order valence-corrected chi connectivity index (χ1v) is 6.39. The van der Waals surface area contributed by atoms with Gasteiger partial charge < -0.3 is 10.3 Å². The molecule has 0 radical (unpaired) electrons. The van der Waals surface area contributed by atoms with Gasteiger partial charge in [0.1, 0.15) is 5.82 Å². The van der Waals surface area contributed by atoms with Crippen LogP contribution in [0, 0.1) is 19.7 Å². The summed E-state index contributed by atoms with van der Waals surface area (Å²) >= 11 is 0. The molecule has 0 saturated heterocycles. The van der Waals surface area contributed by atoms with Crippen LogP contribution in [-0.2, 0) is 6.54 Å². The topological polar surface area (TPSA) is 56.7 Å². The molecule has 5 heteroatoms. The van der Waals surface area contributed by atoms with Crippen LogP contribution in [0.2, 0.25) is 0 Å². The molecule has 3 rings (SSSR count). The minimum Gasteiger partial charge on any atom is -0.369 e. The number of aryl methyl sites for hydroxylation is 2. The highest BCUT2D eigenvalue weighted by Gasteiger charge is 2.11. The molecule has 0 fully saturated rings. The Kier molecular flexibility index (Phi) is 2.89. The Labute approximate surface area is 116 Å². The van der Waals surface area contributed by atoms with Gasteiger partial charge in [-0.1, -0.05) is 6.07 Å². The van der Waals surface area contributed by atoms with Crippen LogP contribution in [0.5, 0.6) is 0 Å². The zero-order valence-corrected chi connectivity index (χ0v) is 11.4. The highest BCUT2D eigenvalue weighted by atomic mass is 19.1. The van der Waals surface area contributed by atoms with Gasteiger partial charge in [-0.15, -0.1) is 0 Å². The lowest BCUT2D eigenvalue weighted by molar-refractivity contribution is 0.620. The van der Waals surface area contributed by atoms with Crippen molar-refractivity contribution >= 4 is 17.0 Å². The summed E-state index contributed by atoms with van der Waals surface area (Å²) in [5.41, 5.74) is 9.76. The molecule has 2 heterocycles. The van der Waals surface area contributed by atoms with E-state index in [1.807, 2.05) is 29.7 Å². The molecule has 0 aliphatic rings. The number of benzene rings is 1. The molecule has 4 nitrogen and oxygen atoms in total. The summed E-state index contributed by atoms with van der Waals surface area (Å²) in [6.45, 7) is 4.20. The number of nitrogens with zero attached hydrogens (tertiary/aromatic N) is 3. The lowest BCUT2D eigenvalue weighted by Crippen LogP contribution is -2.06. The second-order valence-electron chi connectivity index (χ2n) is 4.92. The third-order valence-corrected chi connectivity index (χ3v) is 3.32. The SMILES string of the molecule is Cc1cccc(Cn2c(N)nc3cc(F)c(C)cc32)n1. The van der Waals surface area contributed by atoms with E-state index < -0.39 is 0 Å². The molecule has 0 unspecified atom stereocenters. The smallest absolute Gasteiger partial charge is 0.201 e. The van der Waals surface area contributed by atoms with Crippen LogP contribution in [0.1, 0.15) is 17.0 Å². The van der Waals surface area contributed by atoms with Crippen LogP contribution in [0.3, 0.4) is 0 Å². The fourth-order valence-corrected chi connectivity index (χ4v) is 2.28. The lowest BCUT2D eigenvalue weighted by Gasteiger charge is -2.07. The van der Waals surface area contributed by atoms with Crippen molar-refractivity contribution in [3.8, 4) is 0 Å². The number of imidazole rings is 1. The average molecular weight is 270 g/mol. The van der Waals surface area contributed by atoms with Crippen molar-refractivity contribution in [2.45, 2.75) is 20.4 Å². The molecule has 3 aromatic rings. The second kappa shape index (κ2) is 4.59. The maximum Gasteiger partial charge on any atom is 0.201 e. The number of nitrogen functional groups attached to an aromatic ring is 1. The van der Waals surface area contributed by atoms with Crippen molar-refractivity contribution < 1.29 is 4.39 Å². The van der Waals surface area contributed by atoms with Crippen LogP contribution in [0.4, 0.5) is 10.3 Å². The van der Waals surface area contributed by atoms with Gasteiger partial charge >= 0.3 is 0 Å². The van der Waals surface area contributed by atoms with E-state index in [0.29, 0.717) is 23.6 Å². The molecule has 0 saturated carbocycles. The molecule has 2 N–H and O–H groups in total. The van der Waals surface area contributed by atoms with Gasteiger partial charge in [0, 0.05) is 11.8 Å². The monoisotopic (exact) mass is 270 g/mol. The largest absolute Gasteiger partial charge is 0.369 e. The molecular weight excluding hydrogens is 255 g/mol. The van der Waals surface area contributed by atoms with Crippen LogP contribution in [0.15, 0.2) is 30.3 Å². The van der Waals surface area contributed by atoms with Gasteiger partial charge in [0.05, 0.1) is 23.3 Å². The molecule has 102 valence electrons. The second-order valence-corrected chi connectivity index (χ2v) is 4.92. The number of hydrogen-bond acceptors (Lipinski definition) is 3. The number of hydrogen-bond donors (Lipinski definition) is 1. The first-order chi connectivity index (χ1) is 9.54. The van der Waals surface area contributed by atoms with Crippen LogP contribution >= 0.6 is 0 Å². The zero-order chi connectivity index (χ0) is 14.3. The Balaban J connectivity index is 2.11. The quantitative estimate of drug-likeness (QED) is 0.779. The fraction of sp³-hybridized carbons (Fsp3) is 0.200. The first kappa shape index (κ1) is 12.6. The average Bonchev–Trinajstić information content (AvgIpc) is 2.67.